The average molecular weight is 345 g/mol. The summed E-state index contributed by atoms with van der Waals surface area (Å²) in [6.07, 6.45) is 0.961. The number of hydrogen-bond donors (Lipinski definition) is 1. The molecule has 0 aliphatic heterocycles. The molecule has 0 atom stereocenters. The molecule has 0 saturated carbocycles. The van der Waals surface area contributed by atoms with Gasteiger partial charge in [0.1, 0.15) is 16.8 Å². The Bertz CT molecular complexity index is 880. The zero-order chi connectivity index (χ0) is 17.1. The molecule has 122 valence electrons. The van der Waals surface area contributed by atoms with Crippen LogP contribution in [0, 0.1) is 12.7 Å². The molecule has 0 saturated heterocycles. The quantitative estimate of drug-likeness (QED) is 0.734. The largest absolute Gasteiger partial charge is 0.307 e. The number of aryl methyl sites for hydroxylation is 1. The van der Waals surface area contributed by atoms with Crippen molar-refractivity contribution in [1.29, 1.82) is 0 Å². The van der Waals surface area contributed by atoms with Gasteiger partial charge in [0.15, 0.2) is 0 Å². The SMILES string of the molecule is Cc1cc(NC(=O)c2cc(F)cnc2Cl)n(Cc2ccccc2)n1. The van der Waals surface area contributed by atoms with Gasteiger partial charge in [-0.25, -0.2) is 14.1 Å². The molecule has 0 aliphatic rings. The van der Waals surface area contributed by atoms with Crippen molar-refractivity contribution in [3.8, 4) is 0 Å². The molecule has 0 bridgehead atoms. The number of amides is 1. The van der Waals surface area contributed by atoms with Crippen LogP contribution in [0.4, 0.5) is 10.2 Å². The van der Waals surface area contributed by atoms with E-state index in [1.54, 1.807) is 10.7 Å². The lowest BCUT2D eigenvalue weighted by Crippen LogP contribution is -2.17. The molecule has 0 radical (unpaired) electrons. The molecule has 5 nitrogen and oxygen atoms in total. The highest BCUT2D eigenvalue weighted by atomic mass is 35.5. The number of carbonyl (C=O) groups excluding carboxylic acids is 1. The van der Waals surface area contributed by atoms with Gasteiger partial charge in [-0.1, -0.05) is 41.9 Å². The van der Waals surface area contributed by atoms with Crippen LogP contribution in [0.5, 0.6) is 0 Å². The van der Waals surface area contributed by atoms with E-state index in [1.807, 2.05) is 37.3 Å². The van der Waals surface area contributed by atoms with E-state index < -0.39 is 11.7 Å². The summed E-state index contributed by atoms with van der Waals surface area (Å²) in [5.74, 6) is -0.665. The third-order valence-corrected chi connectivity index (χ3v) is 3.67. The predicted octanol–water partition coefficient (Wildman–Crippen LogP) is 3.68. The number of halogens is 2. The number of carbonyl (C=O) groups is 1. The monoisotopic (exact) mass is 344 g/mol. The van der Waals surface area contributed by atoms with E-state index in [1.165, 1.54) is 0 Å². The average Bonchev–Trinajstić information content (AvgIpc) is 2.90. The van der Waals surface area contributed by atoms with Gasteiger partial charge >= 0.3 is 0 Å². The van der Waals surface area contributed by atoms with Gasteiger partial charge in [-0.3, -0.25) is 4.79 Å². The van der Waals surface area contributed by atoms with Crippen molar-refractivity contribution in [2.45, 2.75) is 13.5 Å². The van der Waals surface area contributed by atoms with Crippen LogP contribution >= 0.6 is 11.6 Å². The molecular weight excluding hydrogens is 331 g/mol. The fourth-order valence-electron chi connectivity index (χ4n) is 2.29. The van der Waals surface area contributed by atoms with Crippen molar-refractivity contribution >= 4 is 23.3 Å². The number of nitrogens with zero attached hydrogens (tertiary/aromatic N) is 3. The minimum absolute atomic E-state index is 0.0261. The molecule has 0 aliphatic carbocycles. The van der Waals surface area contributed by atoms with Gasteiger partial charge in [-0.2, -0.15) is 5.10 Å². The number of rotatable bonds is 4. The van der Waals surface area contributed by atoms with Crippen molar-refractivity contribution in [3.63, 3.8) is 0 Å². The minimum atomic E-state index is -0.626. The van der Waals surface area contributed by atoms with E-state index in [0.29, 0.717) is 12.4 Å². The third kappa shape index (κ3) is 3.60. The second kappa shape index (κ2) is 6.80. The smallest absolute Gasteiger partial charge is 0.260 e. The summed E-state index contributed by atoms with van der Waals surface area (Å²) in [6, 6.07) is 12.5. The molecule has 0 fully saturated rings. The molecule has 24 heavy (non-hydrogen) atoms. The van der Waals surface area contributed by atoms with Gasteiger partial charge in [0.2, 0.25) is 0 Å². The van der Waals surface area contributed by atoms with Crippen molar-refractivity contribution in [3.05, 3.63) is 76.5 Å². The third-order valence-electron chi connectivity index (χ3n) is 3.37. The van der Waals surface area contributed by atoms with Crippen LogP contribution in [0.3, 0.4) is 0 Å². The van der Waals surface area contributed by atoms with E-state index in [-0.39, 0.29) is 10.7 Å². The number of anilines is 1. The predicted molar refractivity (Wildman–Crippen MR) is 89.7 cm³/mol. The van der Waals surface area contributed by atoms with Crippen LogP contribution in [0.2, 0.25) is 5.15 Å². The molecule has 1 N–H and O–H groups in total. The van der Waals surface area contributed by atoms with Crippen LogP contribution in [-0.4, -0.2) is 20.7 Å². The summed E-state index contributed by atoms with van der Waals surface area (Å²) < 4.78 is 15.0. The molecule has 0 unspecified atom stereocenters. The maximum atomic E-state index is 13.3. The van der Waals surface area contributed by atoms with Crippen molar-refractivity contribution in [2.75, 3.05) is 5.32 Å². The first-order valence-electron chi connectivity index (χ1n) is 7.23. The number of nitrogens with one attached hydrogen (secondary N) is 1. The number of pyridine rings is 1. The van der Waals surface area contributed by atoms with E-state index in [4.69, 9.17) is 11.6 Å². The van der Waals surface area contributed by atoms with E-state index in [2.05, 4.69) is 15.4 Å². The minimum Gasteiger partial charge on any atom is -0.307 e. The molecule has 2 heterocycles. The summed E-state index contributed by atoms with van der Waals surface area (Å²) in [7, 11) is 0. The Balaban J connectivity index is 1.85. The first-order valence-corrected chi connectivity index (χ1v) is 7.61. The summed E-state index contributed by atoms with van der Waals surface area (Å²) in [5, 5.41) is 7.02. The lowest BCUT2D eigenvalue weighted by atomic mass is 10.2. The highest BCUT2D eigenvalue weighted by Crippen LogP contribution is 2.18. The highest BCUT2D eigenvalue weighted by molar-refractivity contribution is 6.33. The molecule has 1 aromatic carbocycles. The summed E-state index contributed by atoms with van der Waals surface area (Å²) in [5.41, 5.74) is 1.77. The van der Waals surface area contributed by atoms with Crippen LogP contribution in [0.15, 0.2) is 48.7 Å². The van der Waals surface area contributed by atoms with Crippen LogP contribution in [-0.2, 0) is 6.54 Å². The molecule has 3 aromatic rings. The first kappa shape index (κ1) is 16.1. The van der Waals surface area contributed by atoms with E-state index in [0.717, 1.165) is 23.5 Å². The number of hydrogen-bond acceptors (Lipinski definition) is 3. The van der Waals surface area contributed by atoms with Crippen molar-refractivity contribution < 1.29 is 9.18 Å². The summed E-state index contributed by atoms with van der Waals surface area (Å²) in [6.45, 7) is 2.33. The zero-order valence-electron chi connectivity index (χ0n) is 12.8. The molecule has 0 spiro atoms. The lowest BCUT2D eigenvalue weighted by Gasteiger charge is -2.09. The molecule has 7 heteroatoms. The van der Waals surface area contributed by atoms with Gasteiger partial charge in [0, 0.05) is 6.07 Å². The Morgan fingerprint density at radius 2 is 2.04 bits per heavy atom. The van der Waals surface area contributed by atoms with Crippen LogP contribution < -0.4 is 5.32 Å². The standard InChI is InChI=1S/C17H14ClFN4O/c1-11-7-15(23(22-11)10-12-5-3-2-4-6-12)21-17(24)14-8-13(19)9-20-16(14)18/h2-9H,10H2,1H3,(H,21,24). The van der Waals surface area contributed by atoms with Crippen LogP contribution in [0.1, 0.15) is 21.6 Å². The Labute approximate surface area is 143 Å². The van der Waals surface area contributed by atoms with Gasteiger partial charge < -0.3 is 5.32 Å². The lowest BCUT2D eigenvalue weighted by molar-refractivity contribution is 0.102. The Morgan fingerprint density at radius 1 is 1.29 bits per heavy atom. The van der Waals surface area contributed by atoms with Crippen LogP contribution in [0.25, 0.3) is 0 Å². The Hall–Kier alpha value is -2.73. The molecule has 3 rings (SSSR count). The number of benzene rings is 1. The Morgan fingerprint density at radius 3 is 2.79 bits per heavy atom. The number of aromatic nitrogens is 3. The van der Waals surface area contributed by atoms with Gasteiger partial charge in [0.25, 0.3) is 5.91 Å². The fourth-order valence-corrected chi connectivity index (χ4v) is 2.48. The normalized spacial score (nSPS) is 10.6. The second-order valence-electron chi connectivity index (χ2n) is 5.26. The van der Waals surface area contributed by atoms with E-state index in [9.17, 15) is 9.18 Å². The topological polar surface area (TPSA) is 59.8 Å². The molecule has 2 aromatic heterocycles. The second-order valence-corrected chi connectivity index (χ2v) is 5.62. The van der Waals surface area contributed by atoms with Gasteiger partial charge in [-0.05, 0) is 18.6 Å². The maximum absolute atomic E-state index is 13.3. The van der Waals surface area contributed by atoms with Gasteiger partial charge in [0.05, 0.1) is 24.0 Å². The maximum Gasteiger partial charge on any atom is 0.260 e. The zero-order valence-corrected chi connectivity index (χ0v) is 13.6. The highest BCUT2D eigenvalue weighted by Gasteiger charge is 2.16. The summed E-state index contributed by atoms with van der Waals surface area (Å²) >= 11 is 5.87. The molecule has 1 amide bonds. The Kier molecular flexibility index (Phi) is 4.57. The summed E-state index contributed by atoms with van der Waals surface area (Å²) in [4.78, 5) is 16.0. The van der Waals surface area contributed by atoms with Crippen molar-refractivity contribution in [1.82, 2.24) is 14.8 Å². The fraction of sp³-hybridized carbons (Fsp3) is 0.118. The first-order chi connectivity index (χ1) is 11.5. The molecular formula is C17H14ClFN4O. The van der Waals surface area contributed by atoms with E-state index >= 15 is 0 Å². The van der Waals surface area contributed by atoms with Gasteiger partial charge in [-0.15, -0.1) is 0 Å². The van der Waals surface area contributed by atoms with Crippen molar-refractivity contribution in [2.24, 2.45) is 0 Å².